The van der Waals surface area contributed by atoms with E-state index in [0.29, 0.717) is 0 Å². The Labute approximate surface area is 139 Å². The first kappa shape index (κ1) is 14.2. The van der Waals surface area contributed by atoms with Gasteiger partial charge in [-0.3, -0.25) is 4.98 Å². The van der Waals surface area contributed by atoms with E-state index < -0.39 is 0 Å². The van der Waals surface area contributed by atoms with Crippen LogP contribution in [0.3, 0.4) is 0 Å². The molecule has 0 saturated carbocycles. The van der Waals surface area contributed by atoms with Gasteiger partial charge >= 0.3 is 0 Å². The van der Waals surface area contributed by atoms with Crippen molar-refractivity contribution < 1.29 is 0 Å². The third-order valence-electron chi connectivity index (χ3n) is 3.87. The molecule has 0 bridgehead atoms. The molecule has 116 valence electrons. The van der Waals surface area contributed by atoms with Gasteiger partial charge in [-0.2, -0.15) is 0 Å². The number of anilines is 1. The van der Waals surface area contributed by atoms with Gasteiger partial charge in [0.1, 0.15) is 5.52 Å². The SMILES string of the molecule is C(Nc1cncc2[nH]cnc12)=C(c1ccccc1)c1ccccc1. The van der Waals surface area contributed by atoms with Gasteiger partial charge in [0.15, 0.2) is 0 Å². The topological polar surface area (TPSA) is 53.6 Å². The van der Waals surface area contributed by atoms with Crippen molar-refractivity contribution in [3.63, 3.8) is 0 Å². The van der Waals surface area contributed by atoms with Gasteiger partial charge in [-0.05, 0) is 11.1 Å². The quantitative estimate of drug-likeness (QED) is 0.585. The smallest absolute Gasteiger partial charge is 0.115 e. The Balaban J connectivity index is 1.76. The monoisotopic (exact) mass is 312 g/mol. The second kappa shape index (κ2) is 6.38. The Bertz CT molecular complexity index is 931. The van der Waals surface area contributed by atoms with Crippen molar-refractivity contribution in [3.05, 3.63) is 96.7 Å². The summed E-state index contributed by atoms with van der Waals surface area (Å²) >= 11 is 0. The fourth-order valence-electron chi connectivity index (χ4n) is 2.69. The van der Waals surface area contributed by atoms with Crippen LogP contribution in [0.5, 0.6) is 0 Å². The predicted octanol–water partition coefficient (Wildman–Crippen LogP) is 4.46. The molecule has 4 aromatic rings. The minimum absolute atomic E-state index is 0.873. The largest absolute Gasteiger partial charge is 0.358 e. The number of imidazole rings is 1. The lowest BCUT2D eigenvalue weighted by Crippen LogP contribution is -1.95. The molecular formula is C20H16N4. The summed E-state index contributed by atoms with van der Waals surface area (Å²) in [6.45, 7) is 0. The Morgan fingerprint density at radius 2 is 1.54 bits per heavy atom. The minimum Gasteiger partial charge on any atom is -0.358 e. The average molecular weight is 312 g/mol. The molecular weight excluding hydrogens is 296 g/mol. The fraction of sp³-hybridized carbons (Fsp3) is 0. The molecule has 0 radical (unpaired) electrons. The molecule has 4 nitrogen and oxygen atoms in total. The number of pyridine rings is 1. The lowest BCUT2D eigenvalue weighted by molar-refractivity contribution is 1.33. The number of nitrogens with zero attached hydrogens (tertiary/aromatic N) is 2. The van der Waals surface area contributed by atoms with E-state index in [-0.39, 0.29) is 0 Å². The summed E-state index contributed by atoms with van der Waals surface area (Å²) in [6.07, 6.45) is 7.24. The first-order valence-electron chi connectivity index (χ1n) is 7.76. The van der Waals surface area contributed by atoms with Gasteiger partial charge in [-0.25, -0.2) is 4.98 Å². The third kappa shape index (κ3) is 2.77. The normalized spacial score (nSPS) is 10.5. The van der Waals surface area contributed by atoms with Gasteiger partial charge in [-0.1, -0.05) is 60.7 Å². The Morgan fingerprint density at radius 3 is 2.21 bits per heavy atom. The summed E-state index contributed by atoms with van der Waals surface area (Å²) in [5, 5.41) is 3.36. The summed E-state index contributed by atoms with van der Waals surface area (Å²) in [4.78, 5) is 11.7. The van der Waals surface area contributed by atoms with Crippen LogP contribution in [0, 0.1) is 0 Å². The molecule has 0 atom stereocenters. The molecule has 0 aliphatic carbocycles. The van der Waals surface area contributed by atoms with Crippen molar-refractivity contribution in [1.29, 1.82) is 0 Å². The number of aromatic nitrogens is 3. The van der Waals surface area contributed by atoms with Gasteiger partial charge < -0.3 is 10.3 Å². The number of aromatic amines is 1. The van der Waals surface area contributed by atoms with E-state index in [4.69, 9.17) is 0 Å². The van der Waals surface area contributed by atoms with E-state index in [0.717, 1.165) is 33.4 Å². The number of rotatable bonds is 4. The molecule has 0 spiro atoms. The highest BCUT2D eigenvalue weighted by atomic mass is 14.9. The molecule has 0 aliphatic rings. The van der Waals surface area contributed by atoms with Gasteiger partial charge in [0.05, 0.1) is 29.9 Å². The second-order valence-corrected chi connectivity index (χ2v) is 5.42. The molecule has 0 fully saturated rings. The lowest BCUT2D eigenvalue weighted by Gasteiger charge is -2.10. The van der Waals surface area contributed by atoms with Gasteiger partial charge in [0, 0.05) is 11.8 Å². The van der Waals surface area contributed by atoms with Crippen LogP contribution in [-0.4, -0.2) is 15.0 Å². The molecule has 0 saturated heterocycles. The van der Waals surface area contributed by atoms with Crippen LogP contribution >= 0.6 is 0 Å². The summed E-state index contributed by atoms with van der Waals surface area (Å²) < 4.78 is 0. The van der Waals surface area contributed by atoms with Crippen LogP contribution in [0.2, 0.25) is 0 Å². The zero-order valence-corrected chi connectivity index (χ0v) is 13.0. The Kier molecular flexibility index (Phi) is 3.78. The van der Waals surface area contributed by atoms with Crippen molar-refractivity contribution in [3.8, 4) is 0 Å². The first-order chi connectivity index (χ1) is 11.9. The number of benzene rings is 2. The van der Waals surface area contributed by atoms with Crippen molar-refractivity contribution >= 4 is 22.3 Å². The van der Waals surface area contributed by atoms with Gasteiger partial charge in [0.2, 0.25) is 0 Å². The molecule has 2 N–H and O–H groups in total. The van der Waals surface area contributed by atoms with Crippen LogP contribution in [0.1, 0.15) is 11.1 Å². The number of hydrogen-bond acceptors (Lipinski definition) is 3. The van der Waals surface area contributed by atoms with Crippen LogP contribution in [0.25, 0.3) is 16.6 Å². The fourth-order valence-corrected chi connectivity index (χ4v) is 2.69. The third-order valence-corrected chi connectivity index (χ3v) is 3.87. The Morgan fingerprint density at radius 1 is 0.875 bits per heavy atom. The minimum atomic E-state index is 0.873. The van der Waals surface area contributed by atoms with Crippen LogP contribution in [0.15, 0.2) is 85.6 Å². The first-order valence-corrected chi connectivity index (χ1v) is 7.76. The van der Waals surface area contributed by atoms with E-state index in [2.05, 4.69) is 44.5 Å². The molecule has 4 heteroatoms. The van der Waals surface area contributed by atoms with E-state index in [1.807, 2.05) is 42.6 Å². The highest BCUT2D eigenvalue weighted by molar-refractivity contribution is 5.89. The van der Waals surface area contributed by atoms with Crippen LogP contribution < -0.4 is 5.32 Å². The summed E-state index contributed by atoms with van der Waals surface area (Å²) in [6, 6.07) is 20.6. The Hall–Kier alpha value is -3.40. The average Bonchev–Trinajstić information content (AvgIpc) is 3.13. The summed E-state index contributed by atoms with van der Waals surface area (Å²) in [5.41, 5.74) is 6.08. The maximum Gasteiger partial charge on any atom is 0.115 e. The molecule has 0 aliphatic heterocycles. The molecule has 0 amide bonds. The maximum atomic E-state index is 4.35. The van der Waals surface area contributed by atoms with Crippen molar-refractivity contribution in [2.45, 2.75) is 0 Å². The number of fused-ring (bicyclic) bond motifs is 1. The van der Waals surface area contributed by atoms with E-state index >= 15 is 0 Å². The van der Waals surface area contributed by atoms with E-state index in [1.165, 1.54) is 0 Å². The number of nitrogens with one attached hydrogen (secondary N) is 2. The van der Waals surface area contributed by atoms with Crippen LogP contribution in [-0.2, 0) is 0 Å². The van der Waals surface area contributed by atoms with E-state index in [9.17, 15) is 0 Å². The van der Waals surface area contributed by atoms with Gasteiger partial charge in [-0.15, -0.1) is 0 Å². The van der Waals surface area contributed by atoms with E-state index in [1.54, 1.807) is 18.7 Å². The summed E-state index contributed by atoms with van der Waals surface area (Å²) in [5.74, 6) is 0. The molecule has 2 aromatic heterocycles. The highest BCUT2D eigenvalue weighted by Gasteiger charge is 2.06. The number of H-pyrrole nitrogens is 1. The standard InChI is InChI=1S/C20H16N4/c1-3-7-15(8-4-1)17(16-9-5-2-6-10-16)11-22-18-12-21-13-19-20(18)24-14-23-19/h1-14,22H,(H,23,24). The number of hydrogen-bond donors (Lipinski definition) is 2. The maximum absolute atomic E-state index is 4.35. The molecule has 0 unspecified atom stereocenters. The highest BCUT2D eigenvalue weighted by Crippen LogP contribution is 2.24. The molecule has 24 heavy (non-hydrogen) atoms. The van der Waals surface area contributed by atoms with Crippen molar-refractivity contribution in [2.24, 2.45) is 0 Å². The second-order valence-electron chi connectivity index (χ2n) is 5.42. The summed E-state index contributed by atoms with van der Waals surface area (Å²) in [7, 11) is 0. The van der Waals surface area contributed by atoms with Crippen molar-refractivity contribution in [1.82, 2.24) is 15.0 Å². The molecule has 2 heterocycles. The predicted molar refractivity (Wildman–Crippen MR) is 97.5 cm³/mol. The van der Waals surface area contributed by atoms with Crippen molar-refractivity contribution in [2.75, 3.05) is 5.32 Å². The molecule has 4 rings (SSSR count). The van der Waals surface area contributed by atoms with Crippen LogP contribution in [0.4, 0.5) is 5.69 Å². The zero-order valence-electron chi connectivity index (χ0n) is 13.0. The molecule has 2 aromatic carbocycles. The van der Waals surface area contributed by atoms with Gasteiger partial charge in [0.25, 0.3) is 0 Å². The zero-order chi connectivity index (χ0) is 16.2. The lowest BCUT2D eigenvalue weighted by atomic mass is 9.99.